The Bertz CT molecular complexity index is 209. The Morgan fingerprint density at radius 3 is 2.33 bits per heavy atom. The first-order valence-corrected chi connectivity index (χ1v) is 3.53. The molecule has 0 aliphatic carbocycles. The first-order valence-electron chi connectivity index (χ1n) is 2.57. The van der Waals surface area contributed by atoms with E-state index in [1.54, 1.807) is 4.68 Å². The van der Waals surface area contributed by atoms with Gasteiger partial charge in [-0.1, -0.05) is 11.6 Å². The number of halogens is 1. The summed E-state index contributed by atoms with van der Waals surface area (Å²) in [6, 6.07) is 0. The number of nitrogens with zero attached hydrogens (tertiary/aromatic N) is 2. The highest BCUT2D eigenvalue weighted by Gasteiger charge is 2.04. The summed E-state index contributed by atoms with van der Waals surface area (Å²) in [4.78, 5) is 0. The minimum absolute atomic E-state index is 0.692. The van der Waals surface area contributed by atoms with Crippen molar-refractivity contribution in [2.24, 2.45) is 7.05 Å². The average Bonchev–Trinajstić information content (AvgIpc) is 1.98. The van der Waals surface area contributed by atoms with Crippen LogP contribution in [-0.2, 0) is 7.05 Å². The van der Waals surface area contributed by atoms with Gasteiger partial charge in [0.2, 0.25) is 0 Å². The van der Waals surface area contributed by atoms with Crippen molar-refractivity contribution < 1.29 is 0 Å². The lowest BCUT2D eigenvalue weighted by atomic mass is 10.5. The van der Waals surface area contributed by atoms with E-state index in [0.717, 1.165) is 11.0 Å². The maximum absolute atomic E-state index is 5.78. The molecule has 0 aromatic carbocycles. The van der Waals surface area contributed by atoms with Gasteiger partial charge in [-0.2, -0.15) is 5.10 Å². The van der Waals surface area contributed by atoms with Gasteiger partial charge in [-0.05, 0) is 6.92 Å². The molecule has 0 bridgehead atoms. The summed E-state index contributed by atoms with van der Waals surface area (Å²) < 4.78 is 1.65. The van der Waals surface area contributed by atoms with Crippen molar-refractivity contribution in [2.75, 3.05) is 0 Å². The molecule has 1 aromatic heterocycles. The first kappa shape index (κ1) is 7.04. The van der Waals surface area contributed by atoms with Crippen molar-refractivity contribution in [2.45, 2.75) is 6.92 Å². The van der Waals surface area contributed by atoms with Gasteiger partial charge in [-0.25, -0.2) is 0 Å². The van der Waals surface area contributed by atoms with E-state index in [-0.39, 0.29) is 0 Å². The van der Waals surface area contributed by atoms with Crippen LogP contribution in [0.3, 0.4) is 0 Å². The van der Waals surface area contributed by atoms with E-state index >= 15 is 0 Å². The molecule has 1 aromatic rings. The third-order valence-electron chi connectivity index (χ3n) is 1.20. The molecule has 1 heterocycles. The van der Waals surface area contributed by atoms with Crippen molar-refractivity contribution in [1.82, 2.24) is 9.78 Å². The van der Waals surface area contributed by atoms with Crippen molar-refractivity contribution in [1.29, 1.82) is 0 Å². The normalized spacial score (nSPS) is 10.2. The summed E-state index contributed by atoms with van der Waals surface area (Å²) in [5.74, 6) is 0. The van der Waals surface area contributed by atoms with E-state index in [1.807, 2.05) is 14.0 Å². The summed E-state index contributed by atoms with van der Waals surface area (Å²) in [5.41, 5.74) is 0.965. The number of hydrogen-bond acceptors (Lipinski definition) is 1. The molecule has 9 heavy (non-hydrogen) atoms. The summed E-state index contributed by atoms with van der Waals surface area (Å²) in [6.45, 7) is 1.92. The molecule has 50 valence electrons. The maximum Gasteiger partial charge on any atom is 0.134 e. The monoisotopic (exact) mass is 162 g/mol. The third-order valence-corrected chi connectivity index (χ3v) is 2.52. The molecule has 0 aliphatic heterocycles. The van der Waals surface area contributed by atoms with Crippen LogP contribution in [0.5, 0.6) is 0 Å². The van der Waals surface area contributed by atoms with Crippen molar-refractivity contribution in [3.63, 3.8) is 0 Å². The fourth-order valence-electron chi connectivity index (χ4n) is 0.646. The van der Waals surface area contributed by atoms with E-state index in [1.165, 1.54) is 0 Å². The first-order chi connectivity index (χ1) is 4.13. The molecule has 4 heteroatoms. The van der Waals surface area contributed by atoms with Crippen molar-refractivity contribution in [3.8, 4) is 0 Å². The molecule has 1 atom stereocenters. The molecule has 0 amide bonds. The van der Waals surface area contributed by atoms with Gasteiger partial charge in [0.1, 0.15) is 5.15 Å². The quantitative estimate of drug-likeness (QED) is 0.518. The van der Waals surface area contributed by atoms with Crippen LogP contribution in [0, 0.1) is 6.92 Å². The zero-order chi connectivity index (χ0) is 7.02. The van der Waals surface area contributed by atoms with Crippen LogP contribution in [0.2, 0.25) is 5.15 Å². The van der Waals surface area contributed by atoms with E-state index in [2.05, 4.69) is 14.3 Å². The second kappa shape index (κ2) is 2.28. The average molecular weight is 163 g/mol. The predicted octanol–water partition coefficient (Wildman–Crippen LogP) is 0.882. The van der Waals surface area contributed by atoms with Gasteiger partial charge in [0, 0.05) is 12.4 Å². The van der Waals surface area contributed by atoms with Gasteiger partial charge in [0.05, 0.1) is 5.69 Å². The Morgan fingerprint density at radius 1 is 1.67 bits per heavy atom. The number of aryl methyl sites for hydroxylation is 2. The fourth-order valence-corrected chi connectivity index (χ4v) is 1.07. The minimum Gasteiger partial charge on any atom is -0.256 e. The molecule has 0 saturated heterocycles. The van der Waals surface area contributed by atoms with Gasteiger partial charge in [-0.15, -0.1) is 9.24 Å². The smallest absolute Gasteiger partial charge is 0.134 e. The summed E-state index contributed by atoms with van der Waals surface area (Å²) in [5, 5.41) is 5.75. The molecule has 0 N–H and O–H groups in total. The van der Waals surface area contributed by atoms with Crippen LogP contribution in [0.15, 0.2) is 0 Å². The number of hydrogen-bond donors (Lipinski definition) is 0. The van der Waals surface area contributed by atoms with Crippen LogP contribution < -0.4 is 5.30 Å². The van der Waals surface area contributed by atoms with E-state index < -0.39 is 0 Å². The van der Waals surface area contributed by atoms with Crippen LogP contribution >= 0.6 is 20.8 Å². The van der Waals surface area contributed by atoms with E-state index in [4.69, 9.17) is 11.6 Å². The minimum atomic E-state index is 0.692. The SMILES string of the molecule is Cc1nn(C)c(Cl)c1P. The second-order valence-corrected chi connectivity index (χ2v) is 2.85. The Labute approximate surface area is 61.4 Å². The Hall–Kier alpha value is -0.0700. The highest BCUT2D eigenvalue weighted by Crippen LogP contribution is 2.08. The van der Waals surface area contributed by atoms with Crippen molar-refractivity contribution in [3.05, 3.63) is 10.8 Å². The Kier molecular flexibility index (Phi) is 1.78. The lowest BCUT2D eigenvalue weighted by Gasteiger charge is -1.87. The largest absolute Gasteiger partial charge is 0.256 e. The van der Waals surface area contributed by atoms with Gasteiger partial charge in [0.25, 0.3) is 0 Å². The molecule has 2 nitrogen and oxygen atoms in total. The summed E-state index contributed by atoms with van der Waals surface area (Å²) >= 11 is 5.78. The molecule has 1 rings (SSSR count). The highest BCUT2D eigenvalue weighted by atomic mass is 35.5. The number of rotatable bonds is 0. The molecular formula is C5H8ClN2P. The van der Waals surface area contributed by atoms with Crippen LogP contribution in [-0.4, -0.2) is 9.78 Å². The fraction of sp³-hybridized carbons (Fsp3) is 0.400. The Morgan fingerprint density at radius 2 is 2.22 bits per heavy atom. The third kappa shape index (κ3) is 1.10. The predicted molar refractivity (Wildman–Crippen MR) is 42.3 cm³/mol. The van der Waals surface area contributed by atoms with Gasteiger partial charge < -0.3 is 0 Å². The van der Waals surface area contributed by atoms with Gasteiger partial charge in [-0.3, -0.25) is 4.68 Å². The molecule has 0 aliphatic rings. The topological polar surface area (TPSA) is 17.8 Å². The Balaban J connectivity index is 3.29. The van der Waals surface area contributed by atoms with Crippen LogP contribution in [0.25, 0.3) is 0 Å². The lowest BCUT2D eigenvalue weighted by molar-refractivity contribution is 0.757. The highest BCUT2D eigenvalue weighted by molar-refractivity contribution is 7.28. The lowest BCUT2D eigenvalue weighted by Crippen LogP contribution is -1.92. The zero-order valence-corrected chi connectivity index (χ0v) is 7.26. The molecule has 0 saturated carbocycles. The van der Waals surface area contributed by atoms with Crippen LogP contribution in [0.4, 0.5) is 0 Å². The zero-order valence-electron chi connectivity index (χ0n) is 5.35. The summed E-state index contributed by atoms with van der Waals surface area (Å²) in [6.07, 6.45) is 0. The summed E-state index contributed by atoms with van der Waals surface area (Å²) in [7, 11) is 4.37. The standard InChI is InChI=1S/C5H8ClN2P/c1-3-4(9)5(6)8(2)7-3/h9H2,1-2H3. The second-order valence-electron chi connectivity index (χ2n) is 1.91. The molecule has 0 fully saturated rings. The molecule has 1 unspecified atom stereocenters. The molecule has 0 spiro atoms. The van der Waals surface area contributed by atoms with Crippen molar-refractivity contribution >= 4 is 26.1 Å². The van der Waals surface area contributed by atoms with Gasteiger partial charge >= 0.3 is 0 Å². The van der Waals surface area contributed by atoms with E-state index in [0.29, 0.717) is 5.15 Å². The van der Waals surface area contributed by atoms with Gasteiger partial charge in [0.15, 0.2) is 0 Å². The number of aromatic nitrogens is 2. The molecular weight excluding hydrogens is 154 g/mol. The maximum atomic E-state index is 5.78. The van der Waals surface area contributed by atoms with E-state index in [9.17, 15) is 0 Å². The molecule has 0 radical (unpaired) electrons. The van der Waals surface area contributed by atoms with Crippen LogP contribution in [0.1, 0.15) is 5.69 Å².